The van der Waals surface area contributed by atoms with Crippen molar-refractivity contribution in [2.45, 2.75) is 0 Å². The van der Waals surface area contributed by atoms with E-state index in [0.717, 1.165) is 6.21 Å². The predicted octanol–water partition coefficient (Wildman–Crippen LogP) is -0.525. The van der Waals surface area contributed by atoms with Crippen molar-refractivity contribution < 1.29 is 5.21 Å². The van der Waals surface area contributed by atoms with E-state index >= 15 is 0 Å². The van der Waals surface area contributed by atoms with E-state index < -0.39 is 0 Å². The Balaban J connectivity index is 3.02. The number of hydrogen-bond donors (Lipinski definition) is 2. The fourth-order valence-corrected chi connectivity index (χ4v) is 0.0577. The van der Waals surface area contributed by atoms with Crippen LogP contribution in [-0.4, -0.2) is 11.4 Å². The number of hydrazone groups is 1. The third-order valence-electron chi connectivity index (χ3n) is 0.180. The summed E-state index contributed by atoms with van der Waals surface area (Å²) in [5.74, 6) is 0. The molecule has 0 rings (SSSR count). The van der Waals surface area contributed by atoms with Crippen LogP contribution in [0.3, 0.4) is 0 Å². The van der Waals surface area contributed by atoms with E-state index in [-0.39, 0.29) is 0 Å². The minimum Gasteiger partial charge on any atom is -0.274 e. The van der Waals surface area contributed by atoms with Crippen molar-refractivity contribution in [3.8, 4) is 6.07 Å². The normalized spacial score (nSPS) is 8.00. The van der Waals surface area contributed by atoms with Crippen LogP contribution in [0, 0.1) is 11.3 Å². The number of hydrogen-bond acceptors (Lipinski definition) is 4. The van der Waals surface area contributed by atoms with Crippen LogP contribution >= 0.6 is 0 Å². The second-order valence-corrected chi connectivity index (χ2v) is 0.487. The van der Waals surface area contributed by atoms with Gasteiger partial charge in [-0.05, 0) is 0 Å². The second-order valence-electron chi connectivity index (χ2n) is 0.487. The highest BCUT2D eigenvalue weighted by molar-refractivity contribution is 5.74. The molecule has 4 heteroatoms. The van der Waals surface area contributed by atoms with E-state index in [2.05, 4.69) is 5.10 Å². The molecular formula is C2H3N3O. The van der Waals surface area contributed by atoms with Crippen LogP contribution < -0.4 is 5.59 Å². The van der Waals surface area contributed by atoms with E-state index in [9.17, 15) is 0 Å². The number of nitrogens with zero attached hydrogens (tertiary/aromatic N) is 2. The molecule has 4 nitrogen and oxygen atoms in total. The average molecular weight is 85.1 g/mol. The van der Waals surface area contributed by atoms with Crippen molar-refractivity contribution in [1.82, 2.24) is 5.59 Å². The third-order valence-corrected chi connectivity index (χ3v) is 0.180. The standard InChI is InChI=1S/C2H3N3O/c3-1-2-4-5-6/h2,5-6H. The van der Waals surface area contributed by atoms with Gasteiger partial charge in [0, 0.05) is 0 Å². The van der Waals surface area contributed by atoms with Crippen molar-refractivity contribution >= 4 is 6.21 Å². The van der Waals surface area contributed by atoms with Gasteiger partial charge in [-0.15, -0.1) is 0 Å². The topological polar surface area (TPSA) is 68.4 Å². The van der Waals surface area contributed by atoms with Crippen LogP contribution in [0.15, 0.2) is 5.10 Å². The molecule has 6 heavy (non-hydrogen) atoms. The zero-order valence-corrected chi connectivity index (χ0v) is 2.92. The summed E-state index contributed by atoms with van der Waals surface area (Å²) in [7, 11) is 0. The van der Waals surface area contributed by atoms with E-state index in [1.807, 2.05) is 0 Å². The summed E-state index contributed by atoms with van der Waals surface area (Å²) in [5.41, 5.74) is 1.42. The number of rotatable bonds is 1. The van der Waals surface area contributed by atoms with Crippen LogP contribution in [0.4, 0.5) is 0 Å². The van der Waals surface area contributed by atoms with Gasteiger partial charge in [0.15, 0.2) is 0 Å². The van der Waals surface area contributed by atoms with Gasteiger partial charge < -0.3 is 0 Å². The Labute approximate surface area is 34.7 Å². The molecule has 0 heterocycles. The summed E-state index contributed by atoms with van der Waals surface area (Å²) in [4.78, 5) is 0. The minimum absolute atomic E-state index is 0.875. The Morgan fingerprint density at radius 1 is 2.00 bits per heavy atom. The van der Waals surface area contributed by atoms with Crippen LogP contribution in [0.2, 0.25) is 0 Å². The molecule has 32 valence electrons. The van der Waals surface area contributed by atoms with Crippen LogP contribution in [-0.2, 0) is 0 Å². The van der Waals surface area contributed by atoms with Crippen molar-refractivity contribution in [1.29, 1.82) is 5.26 Å². The quantitative estimate of drug-likeness (QED) is 0.332. The maximum atomic E-state index is 7.65. The Morgan fingerprint density at radius 3 is 2.83 bits per heavy atom. The summed E-state index contributed by atoms with van der Waals surface area (Å²) < 4.78 is 0. The summed E-state index contributed by atoms with van der Waals surface area (Å²) in [6.07, 6.45) is 0.875. The Kier molecular flexibility index (Phi) is 3.21. The van der Waals surface area contributed by atoms with Gasteiger partial charge >= 0.3 is 0 Å². The van der Waals surface area contributed by atoms with Crippen molar-refractivity contribution in [3.63, 3.8) is 0 Å². The molecule has 2 N–H and O–H groups in total. The first-order valence-electron chi connectivity index (χ1n) is 1.22. The van der Waals surface area contributed by atoms with Gasteiger partial charge in [-0.2, -0.15) is 16.0 Å². The molecule has 0 atom stereocenters. The Bertz CT molecular complexity index is 81.3. The van der Waals surface area contributed by atoms with Crippen molar-refractivity contribution in [2.75, 3.05) is 0 Å². The summed E-state index contributed by atoms with van der Waals surface area (Å²) in [6, 6.07) is 1.55. The van der Waals surface area contributed by atoms with Crippen molar-refractivity contribution in [3.05, 3.63) is 0 Å². The molecule has 0 saturated heterocycles. The first kappa shape index (κ1) is 4.92. The average Bonchev–Trinajstić information content (AvgIpc) is 1.61. The summed E-state index contributed by atoms with van der Waals surface area (Å²) >= 11 is 0. The van der Waals surface area contributed by atoms with E-state index in [0.29, 0.717) is 0 Å². The molecular weight excluding hydrogens is 82.0 g/mol. The first-order chi connectivity index (χ1) is 2.91. The second kappa shape index (κ2) is 3.92. The predicted molar refractivity (Wildman–Crippen MR) is 19.0 cm³/mol. The molecule has 0 aliphatic heterocycles. The fourth-order valence-electron chi connectivity index (χ4n) is 0.0577. The largest absolute Gasteiger partial charge is 0.274 e. The lowest BCUT2D eigenvalue weighted by atomic mass is 10.9. The lowest BCUT2D eigenvalue weighted by Gasteiger charge is -1.73. The van der Waals surface area contributed by atoms with Gasteiger partial charge in [0.2, 0.25) is 0 Å². The van der Waals surface area contributed by atoms with Gasteiger partial charge in [0.25, 0.3) is 0 Å². The van der Waals surface area contributed by atoms with E-state index in [1.54, 1.807) is 6.07 Å². The maximum absolute atomic E-state index is 7.65. The highest BCUT2D eigenvalue weighted by Gasteiger charge is 1.54. The van der Waals surface area contributed by atoms with Crippen LogP contribution in [0.25, 0.3) is 0 Å². The smallest absolute Gasteiger partial charge is 0.126 e. The minimum atomic E-state index is 0.875. The SMILES string of the molecule is N#CC=NNO. The molecule has 0 aromatic heterocycles. The van der Waals surface area contributed by atoms with Crippen LogP contribution in [0.1, 0.15) is 0 Å². The molecule has 0 unspecified atom stereocenters. The highest BCUT2D eigenvalue weighted by atomic mass is 16.5. The monoisotopic (exact) mass is 85.0 g/mol. The molecule has 0 aliphatic rings. The summed E-state index contributed by atoms with van der Waals surface area (Å²) in [5, 5.41) is 18.2. The molecule has 0 aromatic carbocycles. The molecule has 0 bridgehead atoms. The van der Waals surface area contributed by atoms with Gasteiger partial charge in [-0.1, -0.05) is 0 Å². The molecule has 0 spiro atoms. The van der Waals surface area contributed by atoms with Gasteiger partial charge in [0.05, 0.1) is 0 Å². The van der Waals surface area contributed by atoms with Crippen molar-refractivity contribution in [2.24, 2.45) is 5.10 Å². The Hall–Kier alpha value is -1.08. The molecule has 0 aromatic rings. The zero-order chi connectivity index (χ0) is 4.83. The van der Waals surface area contributed by atoms with Gasteiger partial charge in [0.1, 0.15) is 12.3 Å². The fraction of sp³-hybridized carbons (Fsp3) is 0. The Morgan fingerprint density at radius 2 is 2.67 bits per heavy atom. The number of nitrogens with one attached hydrogen (secondary N) is 1. The molecule has 0 radical (unpaired) electrons. The molecule has 0 aliphatic carbocycles. The van der Waals surface area contributed by atoms with Crippen LogP contribution in [0.5, 0.6) is 0 Å². The van der Waals surface area contributed by atoms with Gasteiger partial charge in [-0.3, -0.25) is 5.21 Å². The van der Waals surface area contributed by atoms with E-state index in [4.69, 9.17) is 10.5 Å². The zero-order valence-electron chi connectivity index (χ0n) is 2.92. The highest BCUT2D eigenvalue weighted by Crippen LogP contribution is 1.42. The first-order valence-corrected chi connectivity index (χ1v) is 1.22. The molecule has 0 fully saturated rings. The summed E-state index contributed by atoms with van der Waals surface area (Å²) in [6.45, 7) is 0. The lowest BCUT2D eigenvalue weighted by molar-refractivity contribution is 0.173. The molecule has 0 saturated carbocycles. The van der Waals surface area contributed by atoms with E-state index in [1.165, 1.54) is 5.59 Å². The lowest BCUT2D eigenvalue weighted by Crippen LogP contribution is -1.93. The maximum Gasteiger partial charge on any atom is 0.126 e. The molecule has 0 amide bonds. The number of nitriles is 1. The third kappa shape index (κ3) is 2.92. The van der Waals surface area contributed by atoms with Gasteiger partial charge in [-0.25, -0.2) is 0 Å².